The molecule has 6 nitrogen and oxygen atoms in total. The lowest BCUT2D eigenvalue weighted by atomic mass is 10.2. The molecular formula is C24H20BrClFN3O3. The van der Waals surface area contributed by atoms with Crippen LogP contribution in [0.3, 0.4) is 0 Å². The quantitative estimate of drug-likeness (QED) is 0.274. The van der Waals surface area contributed by atoms with Crippen LogP contribution >= 0.6 is 27.5 Å². The van der Waals surface area contributed by atoms with E-state index in [0.29, 0.717) is 23.1 Å². The first-order valence-corrected chi connectivity index (χ1v) is 11.1. The molecule has 0 heterocycles. The molecule has 170 valence electrons. The summed E-state index contributed by atoms with van der Waals surface area (Å²) in [6.07, 6.45) is 1.42. The zero-order valence-electron chi connectivity index (χ0n) is 17.4. The van der Waals surface area contributed by atoms with Crippen molar-refractivity contribution in [3.05, 3.63) is 93.2 Å². The van der Waals surface area contributed by atoms with Crippen molar-refractivity contribution >= 4 is 51.2 Å². The van der Waals surface area contributed by atoms with E-state index >= 15 is 0 Å². The molecule has 0 aliphatic carbocycles. The zero-order valence-corrected chi connectivity index (χ0v) is 19.7. The Morgan fingerprint density at radius 1 is 1.03 bits per heavy atom. The second kappa shape index (κ2) is 12.1. The summed E-state index contributed by atoms with van der Waals surface area (Å²) in [5.74, 6) is -0.504. The summed E-state index contributed by atoms with van der Waals surface area (Å²) in [5.41, 5.74) is 4.46. The highest BCUT2D eigenvalue weighted by molar-refractivity contribution is 9.10. The van der Waals surface area contributed by atoms with Crippen LogP contribution in [0.25, 0.3) is 0 Å². The van der Waals surface area contributed by atoms with Crippen LogP contribution in [0.4, 0.5) is 10.1 Å². The fourth-order valence-corrected chi connectivity index (χ4v) is 3.41. The van der Waals surface area contributed by atoms with Gasteiger partial charge in [0.15, 0.2) is 0 Å². The van der Waals surface area contributed by atoms with Crippen molar-refractivity contribution in [3.63, 3.8) is 0 Å². The van der Waals surface area contributed by atoms with Gasteiger partial charge in [-0.1, -0.05) is 29.8 Å². The Kier molecular flexibility index (Phi) is 8.97. The maximum absolute atomic E-state index is 12.9. The molecule has 0 atom stereocenters. The number of halogens is 3. The van der Waals surface area contributed by atoms with E-state index in [1.54, 1.807) is 24.3 Å². The van der Waals surface area contributed by atoms with Crippen LogP contribution in [-0.4, -0.2) is 18.0 Å². The van der Waals surface area contributed by atoms with Crippen LogP contribution in [0.2, 0.25) is 5.02 Å². The van der Waals surface area contributed by atoms with E-state index in [1.165, 1.54) is 30.5 Å². The highest BCUT2D eigenvalue weighted by Crippen LogP contribution is 2.27. The molecule has 9 heteroatoms. The summed E-state index contributed by atoms with van der Waals surface area (Å²) in [7, 11) is 0. The summed E-state index contributed by atoms with van der Waals surface area (Å²) < 4.78 is 19.4. The molecule has 3 aromatic carbocycles. The third kappa shape index (κ3) is 8.00. The van der Waals surface area contributed by atoms with Gasteiger partial charge < -0.3 is 10.1 Å². The number of carbonyl (C=O) groups is 2. The first-order valence-electron chi connectivity index (χ1n) is 9.94. The Balaban J connectivity index is 1.43. The van der Waals surface area contributed by atoms with Crippen LogP contribution in [0.15, 0.2) is 76.3 Å². The molecule has 2 amide bonds. The summed E-state index contributed by atoms with van der Waals surface area (Å²) >= 11 is 9.60. The molecule has 0 aromatic heterocycles. The van der Waals surface area contributed by atoms with E-state index < -0.39 is 11.7 Å². The number of nitrogens with zero attached hydrogens (tertiary/aromatic N) is 1. The van der Waals surface area contributed by atoms with Gasteiger partial charge in [0.1, 0.15) is 18.2 Å². The van der Waals surface area contributed by atoms with Gasteiger partial charge >= 0.3 is 0 Å². The van der Waals surface area contributed by atoms with E-state index in [-0.39, 0.29) is 18.7 Å². The Morgan fingerprint density at radius 2 is 1.76 bits per heavy atom. The summed E-state index contributed by atoms with van der Waals surface area (Å²) in [6, 6.07) is 18.2. The summed E-state index contributed by atoms with van der Waals surface area (Å²) in [4.78, 5) is 23.8. The molecule has 2 N–H and O–H groups in total. The lowest BCUT2D eigenvalue weighted by Gasteiger charge is -2.10. The van der Waals surface area contributed by atoms with Gasteiger partial charge in [-0.25, -0.2) is 9.82 Å². The second-order valence-electron chi connectivity index (χ2n) is 6.92. The van der Waals surface area contributed by atoms with E-state index in [0.717, 1.165) is 15.6 Å². The third-order valence-corrected chi connectivity index (χ3v) is 5.40. The van der Waals surface area contributed by atoms with Crippen molar-refractivity contribution in [2.24, 2.45) is 5.10 Å². The second-order valence-corrected chi connectivity index (χ2v) is 8.18. The van der Waals surface area contributed by atoms with Crippen LogP contribution < -0.4 is 15.5 Å². The maximum atomic E-state index is 12.9. The van der Waals surface area contributed by atoms with Crippen molar-refractivity contribution in [2.75, 3.05) is 5.32 Å². The number of rotatable bonds is 9. The lowest BCUT2D eigenvalue weighted by molar-refractivity contribution is -0.124. The molecule has 0 saturated carbocycles. The highest BCUT2D eigenvalue weighted by atomic mass is 79.9. The van der Waals surface area contributed by atoms with E-state index in [2.05, 4.69) is 31.8 Å². The zero-order chi connectivity index (χ0) is 23.6. The van der Waals surface area contributed by atoms with E-state index in [4.69, 9.17) is 16.3 Å². The standard InChI is InChI=1S/C24H20BrClFN3O3/c25-20-13-16(5-10-22(20)33-15-17-3-1-2-4-21(17)26)14-28-30-24(32)12-11-23(31)29-19-8-6-18(27)7-9-19/h1-10,13-14H,11-12,15H2,(H,29,31)(H,30,32). The van der Waals surface area contributed by atoms with Crippen molar-refractivity contribution in [3.8, 4) is 5.75 Å². The average molecular weight is 533 g/mol. The molecule has 0 bridgehead atoms. The van der Waals surface area contributed by atoms with Gasteiger partial charge in [-0.05, 0) is 70.0 Å². The monoisotopic (exact) mass is 531 g/mol. The van der Waals surface area contributed by atoms with Crippen molar-refractivity contribution in [1.29, 1.82) is 0 Å². The van der Waals surface area contributed by atoms with Crippen LogP contribution in [0.1, 0.15) is 24.0 Å². The molecule has 0 spiro atoms. The molecule has 3 aromatic rings. The lowest BCUT2D eigenvalue weighted by Crippen LogP contribution is -2.20. The van der Waals surface area contributed by atoms with E-state index in [1.807, 2.05) is 18.2 Å². The van der Waals surface area contributed by atoms with E-state index in [9.17, 15) is 14.0 Å². The van der Waals surface area contributed by atoms with Gasteiger partial charge in [0.05, 0.1) is 10.7 Å². The fourth-order valence-electron chi connectivity index (χ4n) is 2.70. The number of hydrogen-bond donors (Lipinski definition) is 2. The third-order valence-electron chi connectivity index (χ3n) is 4.41. The molecule has 3 rings (SSSR count). The van der Waals surface area contributed by atoms with Gasteiger partial charge in [0, 0.05) is 29.1 Å². The minimum absolute atomic E-state index is 0.0260. The van der Waals surface area contributed by atoms with Crippen LogP contribution in [-0.2, 0) is 16.2 Å². The maximum Gasteiger partial charge on any atom is 0.240 e. The Bertz CT molecular complexity index is 1160. The SMILES string of the molecule is O=C(CCC(=O)Nc1ccc(F)cc1)NN=Cc1ccc(OCc2ccccc2Cl)c(Br)c1. The number of hydrogen-bond acceptors (Lipinski definition) is 4. The molecule has 0 aliphatic heterocycles. The van der Waals surface area contributed by atoms with Crippen LogP contribution in [0.5, 0.6) is 5.75 Å². The highest BCUT2D eigenvalue weighted by Gasteiger charge is 2.08. The Labute approximate surface area is 203 Å². The predicted molar refractivity (Wildman–Crippen MR) is 130 cm³/mol. The van der Waals surface area contributed by atoms with Gasteiger partial charge in [-0.15, -0.1) is 0 Å². The molecule has 0 radical (unpaired) electrons. The van der Waals surface area contributed by atoms with Crippen molar-refractivity contribution in [1.82, 2.24) is 5.43 Å². The number of ether oxygens (including phenoxy) is 1. The molecule has 0 unspecified atom stereocenters. The number of amides is 2. The fraction of sp³-hybridized carbons (Fsp3) is 0.125. The van der Waals surface area contributed by atoms with Gasteiger partial charge in [-0.3, -0.25) is 9.59 Å². The predicted octanol–water partition coefficient (Wildman–Crippen LogP) is 5.69. The molecule has 0 aliphatic rings. The molecule has 0 fully saturated rings. The Hall–Kier alpha value is -3.23. The number of anilines is 1. The minimum atomic E-state index is -0.403. The van der Waals surface area contributed by atoms with Crippen molar-refractivity contribution < 1.29 is 18.7 Å². The normalized spacial score (nSPS) is 10.8. The first kappa shape index (κ1) is 24.4. The van der Waals surface area contributed by atoms with Gasteiger partial charge in [0.2, 0.25) is 11.8 Å². The van der Waals surface area contributed by atoms with Crippen molar-refractivity contribution in [2.45, 2.75) is 19.4 Å². The first-order chi connectivity index (χ1) is 15.9. The minimum Gasteiger partial charge on any atom is -0.488 e. The van der Waals surface area contributed by atoms with Gasteiger partial charge in [-0.2, -0.15) is 5.10 Å². The summed E-state index contributed by atoms with van der Waals surface area (Å²) in [6.45, 7) is 0.330. The molecule has 33 heavy (non-hydrogen) atoms. The number of benzene rings is 3. The number of carbonyl (C=O) groups excluding carboxylic acids is 2. The molecular weight excluding hydrogens is 513 g/mol. The number of hydrazone groups is 1. The number of nitrogens with one attached hydrogen (secondary N) is 2. The van der Waals surface area contributed by atoms with Crippen LogP contribution in [0, 0.1) is 5.82 Å². The summed E-state index contributed by atoms with van der Waals surface area (Å²) in [5, 5.41) is 7.15. The molecule has 0 saturated heterocycles. The smallest absolute Gasteiger partial charge is 0.240 e. The van der Waals surface area contributed by atoms with Gasteiger partial charge in [0.25, 0.3) is 0 Å². The Morgan fingerprint density at radius 3 is 2.48 bits per heavy atom. The largest absolute Gasteiger partial charge is 0.488 e. The average Bonchev–Trinajstić information content (AvgIpc) is 2.80. The topological polar surface area (TPSA) is 79.8 Å².